The molecule has 1 atom stereocenters. The van der Waals surface area contributed by atoms with Crippen LogP contribution in [0.15, 0.2) is 4.99 Å². The van der Waals surface area contributed by atoms with Crippen LogP contribution in [0.4, 0.5) is 0 Å². The summed E-state index contributed by atoms with van der Waals surface area (Å²) in [5, 5.41) is 2.89. The molecule has 0 heterocycles. The molecule has 0 aliphatic carbocycles. The van der Waals surface area contributed by atoms with E-state index >= 15 is 0 Å². The first-order chi connectivity index (χ1) is 6.56. The smallest absolute Gasteiger partial charge is 0.486 e. The van der Waals surface area contributed by atoms with Crippen LogP contribution in [0.1, 0.15) is 13.3 Å². The number of nitrogens with one attached hydrogen (secondary N) is 1. The largest absolute Gasteiger partial charge is 2.00 e. The summed E-state index contributed by atoms with van der Waals surface area (Å²) in [5.74, 6) is 0.602. The van der Waals surface area contributed by atoms with Crippen LogP contribution in [0.2, 0.25) is 0 Å². The Bertz CT molecular complexity index is 185. The summed E-state index contributed by atoms with van der Waals surface area (Å²) in [6, 6.07) is 0. The first-order valence-corrected chi connectivity index (χ1v) is 4.28. The maximum Gasteiger partial charge on any atom is 2.00 e. The van der Waals surface area contributed by atoms with Gasteiger partial charge in [-0.1, -0.05) is 6.92 Å². The molecular weight excluding hydrogens is 364 g/mol. The van der Waals surface area contributed by atoms with Crippen molar-refractivity contribution in [3.8, 4) is 0 Å². The fraction of sp³-hybridized carbons (Fsp3) is 0.556. The Hall–Kier alpha value is -0.542. The zero-order valence-corrected chi connectivity index (χ0v) is 12.3. The van der Waals surface area contributed by atoms with E-state index in [1.54, 1.807) is 7.05 Å². The monoisotopic (exact) mass is 384 g/mol. The molecule has 6 heteroatoms. The third-order valence-electron chi connectivity index (χ3n) is 1.45. The number of guanidine groups is 1. The molecule has 5 nitrogen and oxygen atoms in total. The van der Waals surface area contributed by atoms with Gasteiger partial charge in [-0.15, -0.1) is 0 Å². The Labute approximate surface area is 106 Å². The van der Waals surface area contributed by atoms with Gasteiger partial charge in [-0.05, 0) is 18.1 Å². The summed E-state index contributed by atoms with van der Waals surface area (Å²) in [7, 11) is 4.36. The number of ketones is 1. The topological polar surface area (TPSA) is 93.5 Å². The summed E-state index contributed by atoms with van der Waals surface area (Å²) < 4.78 is 0. The van der Waals surface area contributed by atoms with Gasteiger partial charge in [0, 0.05) is 13.6 Å². The minimum absolute atomic E-state index is 0. The summed E-state index contributed by atoms with van der Waals surface area (Å²) in [6.45, 7) is 5.91. The summed E-state index contributed by atoms with van der Waals surface area (Å²) in [4.78, 5) is 14.3. The molecule has 1 unspecified atom stereocenters. The first-order valence-electron chi connectivity index (χ1n) is 4.28. The van der Waals surface area contributed by atoms with Crippen molar-refractivity contribution in [2.45, 2.75) is 13.3 Å². The fourth-order valence-corrected chi connectivity index (χ4v) is 0.819. The van der Waals surface area contributed by atoms with Crippen molar-refractivity contribution < 1.29 is 25.9 Å². The molecule has 0 aromatic rings. The third-order valence-corrected chi connectivity index (χ3v) is 1.45. The van der Waals surface area contributed by atoms with E-state index in [2.05, 4.69) is 30.0 Å². The van der Waals surface area contributed by atoms with Gasteiger partial charge in [-0.2, -0.15) is 0 Å². The zero-order valence-electron chi connectivity index (χ0n) is 9.32. The van der Waals surface area contributed by atoms with Gasteiger partial charge in [0.2, 0.25) is 0 Å². The average Bonchev–Trinajstić information content (AvgIpc) is 2.16. The standard InChI is InChI=1S/C8H16N3O.CH4N.W/c1-6(4-7(2)12)5-11-8(9)10-3;1-2;/h6H,2,4-5H2,1,3H3,(H3,9,10,11);1-2H2;/q2*-1;+2. The molecule has 0 fully saturated rings. The molecule has 0 bridgehead atoms. The van der Waals surface area contributed by atoms with Gasteiger partial charge in [0.1, 0.15) is 0 Å². The Morgan fingerprint density at radius 1 is 1.53 bits per heavy atom. The Kier molecular flexibility index (Phi) is 17.9. The van der Waals surface area contributed by atoms with Crippen LogP contribution in [0.25, 0.3) is 0 Å². The number of nitrogens with zero attached hydrogens (tertiary/aromatic N) is 1. The van der Waals surface area contributed by atoms with Crippen LogP contribution in [0.5, 0.6) is 0 Å². The minimum atomic E-state index is -0.0451. The van der Waals surface area contributed by atoms with E-state index in [9.17, 15) is 4.79 Å². The second-order valence-electron chi connectivity index (χ2n) is 2.84. The number of carbonyl (C=O) groups is 1. The number of rotatable bonds is 4. The molecule has 0 saturated heterocycles. The third kappa shape index (κ3) is 16.2. The van der Waals surface area contributed by atoms with Crippen LogP contribution in [-0.2, 0) is 25.9 Å². The molecular formula is C9H20N4OW. The zero-order chi connectivity index (χ0) is 11.6. The normalized spacial score (nSPS) is 11.6. The molecule has 88 valence electrons. The number of Topliss-reactive ketones (excluding diaryl/α,β-unsaturated/α-hetero) is 1. The summed E-state index contributed by atoms with van der Waals surface area (Å²) in [6.07, 6.45) is 0.476. The van der Waals surface area contributed by atoms with Crippen molar-refractivity contribution in [2.75, 3.05) is 13.6 Å². The SMILES string of the molecule is [CH2-]C(=O)CC(C)CNC(N)=NC.[CH2-]N.[W+2]. The first kappa shape index (κ1) is 19.9. The quantitative estimate of drug-likeness (QED) is 0.352. The fourth-order valence-electron chi connectivity index (χ4n) is 0.819. The molecule has 0 aromatic heterocycles. The van der Waals surface area contributed by atoms with E-state index in [1.165, 1.54) is 0 Å². The van der Waals surface area contributed by atoms with Crippen molar-refractivity contribution >= 4 is 11.7 Å². The van der Waals surface area contributed by atoms with Gasteiger partial charge in [-0.3, -0.25) is 12.0 Å². The van der Waals surface area contributed by atoms with Gasteiger partial charge in [0.25, 0.3) is 0 Å². The Morgan fingerprint density at radius 2 is 2.00 bits per heavy atom. The van der Waals surface area contributed by atoms with Crippen LogP contribution in [0.3, 0.4) is 0 Å². The van der Waals surface area contributed by atoms with Crippen LogP contribution < -0.4 is 16.8 Å². The van der Waals surface area contributed by atoms with E-state index in [4.69, 9.17) is 5.73 Å². The van der Waals surface area contributed by atoms with Crippen molar-refractivity contribution in [1.29, 1.82) is 0 Å². The molecule has 0 aromatic carbocycles. The van der Waals surface area contributed by atoms with Crippen LogP contribution >= 0.6 is 0 Å². The Morgan fingerprint density at radius 3 is 2.33 bits per heavy atom. The summed E-state index contributed by atoms with van der Waals surface area (Å²) in [5.41, 5.74) is 9.64. The average molecular weight is 384 g/mol. The molecule has 5 N–H and O–H groups in total. The van der Waals surface area contributed by atoms with E-state index in [0.29, 0.717) is 18.9 Å². The number of nitrogens with two attached hydrogens (primary N) is 2. The molecule has 0 aliphatic rings. The van der Waals surface area contributed by atoms with Crippen molar-refractivity contribution in [3.63, 3.8) is 0 Å². The number of aliphatic imine (C=N–C) groups is 1. The number of hydrogen-bond donors (Lipinski definition) is 3. The van der Waals surface area contributed by atoms with Gasteiger partial charge < -0.3 is 28.5 Å². The van der Waals surface area contributed by atoms with E-state index in [-0.39, 0.29) is 32.8 Å². The van der Waals surface area contributed by atoms with Crippen molar-refractivity contribution in [1.82, 2.24) is 5.32 Å². The van der Waals surface area contributed by atoms with Gasteiger partial charge in [-0.25, -0.2) is 0 Å². The molecule has 0 spiro atoms. The molecule has 0 amide bonds. The predicted octanol–water partition coefficient (Wildman–Crippen LogP) is -0.316. The number of carbonyl (C=O) groups excluding carboxylic acids is 1. The van der Waals surface area contributed by atoms with Crippen LogP contribution in [0, 0.1) is 19.9 Å². The van der Waals surface area contributed by atoms with Crippen LogP contribution in [-0.4, -0.2) is 25.3 Å². The van der Waals surface area contributed by atoms with E-state index in [1.807, 2.05) is 6.92 Å². The predicted molar refractivity (Wildman–Crippen MR) is 59.2 cm³/mol. The van der Waals surface area contributed by atoms with Gasteiger partial charge >= 0.3 is 21.1 Å². The second-order valence-corrected chi connectivity index (χ2v) is 2.84. The molecule has 15 heavy (non-hydrogen) atoms. The maximum atomic E-state index is 10.6. The Balaban J connectivity index is -0.000000449. The molecule has 0 rings (SSSR count). The van der Waals surface area contributed by atoms with E-state index < -0.39 is 0 Å². The number of hydrogen-bond acceptors (Lipinski definition) is 3. The molecule has 0 aliphatic heterocycles. The van der Waals surface area contributed by atoms with Gasteiger partial charge in [0.05, 0.1) is 0 Å². The molecule has 0 radical (unpaired) electrons. The van der Waals surface area contributed by atoms with Crippen molar-refractivity contribution in [3.05, 3.63) is 14.0 Å². The second kappa shape index (κ2) is 13.5. The van der Waals surface area contributed by atoms with Gasteiger partial charge in [0.15, 0.2) is 5.96 Å². The maximum absolute atomic E-state index is 10.6. The van der Waals surface area contributed by atoms with E-state index in [0.717, 1.165) is 0 Å². The summed E-state index contributed by atoms with van der Waals surface area (Å²) >= 11 is 0. The minimum Gasteiger partial charge on any atom is -0.486 e. The van der Waals surface area contributed by atoms with Crippen molar-refractivity contribution in [2.24, 2.45) is 22.4 Å². The molecule has 0 saturated carbocycles.